The van der Waals surface area contributed by atoms with Gasteiger partial charge in [0.25, 0.3) is 0 Å². The van der Waals surface area contributed by atoms with E-state index in [4.69, 9.17) is 4.74 Å². The van der Waals surface area contributed by atoms with Gasteiger partial charge in [0.1, 0.15) is 0 Å². The molecular formula is C14H29NO. The van der Waals surface area contributed by atoms with Crippen molar-refractivity contribution in [2.24, 2.45) is 17.3 Å². The lowest BCUT2D eigenvalue weighted by molar-refractivity contribution is 0.170. The van der Waals surface area contributed by atoms with Crippen LogP contribution < -0.4 is 5.32 Å². The zero-order valence-corrected chi connectivity index (χ0v) is 11.7. The molecule has 1 heterocycles. The Kier molecular flexibility index (Phi) is 5.26. The lowest BCUT2D eigenvalue weighted by Gasteiger charge is -2.29. The second-order valence-electron chi connectivity index (χ2n) is 6.62. The van der Waals surface area contributed by atoms with Crippen LogP contribution in [-0.4, -0.2) is 26.3 Å². The summed E-state index contributed by atoms with van der Waals surface area (Å²) in [6.07, 6.45) is 3.81. The van der Waals surface area contributed by atoms with E-state index in [1.54, 1.807) is 0 Å². The molecule has 0 saturated carbocycles. The zero-order valence-electron chi connectivity index (χ0n) is 11.7. The normalized spacial score (nSPS) is 25.7. The van der Waals surface area contributed by atoms with Crippen molar-refractivity contribution in [3.05, 3.63) is 0 Å². The third kappa shape index (κ3) is 4.84. The summed E-state index contributed by atoms with van der Waals surface area (Å²) in [5.41, 5.74) is 0.448. The van der Waals surface area contributed by atoms with Gasteiger partial charge in [0, 0.05) is 12.6 Å². The van der Waals surface area contributed by atoms with Crippen molar-refractivity contribution in [2.75, 3.05) is 20.3 Å². The van der Waals surface area contributed by atoms with Gasteiger partial charge in [-0.1, -0.05) is 27.7 Å². The summed E-state index contributed by atoms with van der Waals surface area (Å²) < 4.78 is 5.48. The van der Waals surface area contributed by atoms with Gasteiger partial charge in [-0.2, -0.15) is 0 Å². The predicted molar refractivity (Wildman–Crippen MR) is 69.6 cm³/mol. The van der Waals surface area contributed by atoms with Gasteiger partial charge >= 0.3 is 0 Å². The Hall–Kier alpha value is -0.0800. The molecule has 1 aliphatic heterocycles. The highest BCUT2D eigenvalue weighted by Gasteiger charge is 2.27. The SMILES string of the molecule is CNC(CC(C)CC(C)(C)C)C1CCOC1. The van der Waals surface area contributed by atoms with Crippen LogP contribution in [0.25, 0.3) is 0 Å². The largest absolute Gasteiger partial charge is 0.381 e. The van der Waals surface area contributed by atoms with Gasteiger partial charge in [0.15, 0.2) is 0 Å². The van der Waals surface area contributed by atoms with Crippen LogP contribution in [0.5, 0.6) is 0 Å². The van der Waals surface area contributed by atoms with E-state index in [1.807, 2.05) is 0 Å². The van der Waals surface area contributed by atoms with Gasteiger partial charge in [-0.3, -0.25) is 0 Å². The monoisotopic (exact) mass is 227 g/mol. The van der Waals surface area contributed by atoms with Crippen LogP contribution in [-0.2, 0) is 4.74 Å². The average Bonchev–Trinajstić information content (AvgIpc) is 2.63. The van der Waals surface area contributed by atoms with Gasteiger partial charge in [0.05, 0.1) is 6.61 Å². The van der Waals surface area contributed by atoms with E-state index in [-0.39, 0.29) is 0 Å². The van der Waals surface area contributed by atoms with E-state index in [0.29, 0.717) is 11.5 Å². The molecule has 0 aliphatic carbocycles. The molecule has 0 aromatic carbocycles. The Bertz CT molecular complexity index is 191. The molecule has 3 atom stereocenters. The molecule has 16 heavy (non-hydrogen) atoms. The lowest BCUT2D eigenvalue weighted by Crippen LogP contribution is -2.36. The Balaban J connectivity index is 2.37. The summed E-state index contributed by atoms with van der Waals surface area (Å²) in [5, 5.41) is 3.48. The van der Waals surface area contributed by atoms with Gasteiger partial charge < -0.3 is 10.1 Å². The minimum atomic E-state index is 0.448. The maximum absolute atomic E-state index is 5.48. The predicted octanol–water partition coefficient (Wildman–Crippen LogP) is 3.07. The Morgan fingerprint density at radius 1 is 1.38 bits per heavy atom. The quantitative estimate of drug-likeness (QED) is 0.779. The maximum Gasteiger partial charge on any atom is 0.0510 e. The Labute approximate surface area is 101 Å². The van der Waals surface area contributed by atoms with E-state index in [9.17, 15) is 0 Å². The summed E-state index contributed by atoms with van der Waals surface area (Å²) in [4.78, 5) is 0. The Morgan fingerprint density at radius 3 is 2.50 bits per heavy atom. The van der Waals surface area contributed by atoms with Gasteiger partial charge in [-0.25, -0.2) is 0 Å². The smallest absolute Gasteiger partial charge is 0.0510 e. The molecular weight excluding hydrogens is 198 g/mol. The fourth-order valence-electron chi connectivity index (χ4n) is 2.98. The van der Waals surface area contributed by atoms with Crippen molar-refractivity contribution in [2.45, 2.75) is 53.0 Å². The standard InChI is InChI=1S/C14H29NO/c1-11(9-14(2,3)4)8-13(15-5)12-6-7-16-10-12/h11-13,15H,6-10H2,1-5H3. The van der Waals surface area contributed by atoms with Crippen molar-refractivity contribution in [1.82, 2.24) is 5.32 Å². The third-order valence-corrected chi connectivity index (χ3v) is 3.52. The summed E-state index contributed by atoms with van der Waals surface area (Å²) in [7, 11) is 2.09. The summed E-state index contributed by atoms with van der Waals surface area (Å²) in [6.45, 7) is 11.3. The number of ether oxygens (including phenoxy) is 1. The van der Waals surface area contributed by atoms with Crippen LogP contribution in [0.15, 0.2) is 0 Å². The van der Waals surface area contributed by atoms with Crippen molar-refractivity contribution in [3.63, 3.8) is 0 Å². The second kappa shape index (κ2) is 6.02. The molecule has 1 N–H and O–H groups in total. The molecule has 1 aliphatic rings. The molecule has 0 amide bonds. The van der Waals surface area contributed by atoms with Gasteiger partial charge in [-0.15, -0.1) is 0 Å². The second-order valence-corrected chi connectivity index (χ2v) is 6.62. The Morgan fingerprint density at radius 2 is 2.06 bits per heavy atom. The van der Waals surface area contributed by atoms with Crippen LogP contribution in [0.2, 0.25) is 0 Å². The van der Waals surface area contributed by atoms with E-state index >= 15 is 0 Å². The molecule has 0 radical (unpaired) electrons. The highest BCUT2D eigenvalue weighted by molar-refractivity contribution is 4.81. The molecule has 96 valence electrons. The van der Waals surface area contributed by atoms with Crippen molar-refractivity contribution in [3.8, 4) is 0 Å². The molecule has 2 heteroatoms. The highest BCUT2D eigenvalue weighted by Crippen LogP contribution is 2.29. The molecule has 2 nitrogen and oxygen atoms in total. The summed E-state index contributed by atoms with van der Waals surface area (Å²) >= 11 is 0. The van der Waals surface area contributed by atoms with Crippen LogP contribution in [0.1, 0.15) is 47.0 Å². The number of nitrogens with one attached hydrogen (secondary N) is 1. The fourth-order valence-corrected chi connectivity index (χ4v) is 2.98. The van der Waals surface area contributed by atoms with Gasteiger partial charge in [0.2, 0.25) is 0 Å². The van der Waals surface area contributed by atoms with E-state index in [0.717, 1.165) is 25.0 Å². The zero-order chi connectivity index (χ0) is 12.2. The van der Waals surface area contributed by atoms with Crippen LogP contribution >= 0.6 is 0 Å². The molecule has 0 bridgehead atoms. The average molecular weight is 227 g/mol. The van der Waals surface area contributed by atoms with Crippen LogP contribution in [0.4, 0.5) is 0 Å². The minimum Gasteiger partial charge on any atom is -0.381 e. The number of hydrogen-bond acceptors (Lipinski definition) is 2. The first-order valence-corrected chi connectivity index (χ1v) is 6.67. The first-order valence-electron chi connectivity index (χ1n) is 6.67. The summed E-state index contributed by atoms with van der Waals surface area (Å²) in [6, 6.07) is 0.639. The third-order valence-electron chi connectivity index (χ3n) is 3.52. The first kappa shape index (κ1) is 14.0. The van der Waals surface area contributed by atoms with Crippen molar-refractivity contribution in [1.29, 1.82) is 0 Å². The molecule has 0 spiro atoms. The molecule has 1 saturated heterocycles. The molecule has 0 aromatic rings. The van der Waals surface area contributed by atoms with E-state index < -0.39 is 0 Å². The topological polar surface area (TPSA) is 21.3 Å². The minimum absolute atomic E-state index is 0.448. The van der Waals surface area contributed by atoms with Gasteiger partial charge in [-0.05, 0) is 43.6 Å². The van der Waals surface area contributed by atoms with Crippen molar-refractivity contribution >= 4 is 0 Å². The first-order chi connectivity index (χ1) is 7.42. The molecule has 1 fully saturated rings. The molecule has 3 unspecified atom stereocenters. The fraction of sp³-hybridized carbons (Fsp3) is 1.00. The summed E-state index contributed by atoms with van der Waals surface area (Å²) in [5.74, 6) is 1.52. The molecule has 0 aromatic heterocycles. The van der Waals surface area contributed by atoms with Crippen LogP contribution in [0.3, 0.4) is 0 Å². The lowest BCUT2D eigenvalue weighted by atomic mass is 9.81. The number of hydrogen-bond donors (Lipinski definition) is 1. The van der Waals surface area contributed by atoms with Crippen molar-refractivity contribution < 1.29 is 4.74 Å². The van der Waals surface area contributed by atoms with E-state index in [1.165, 1.54) is 19.3 Å². The highest BCUT2D eigenvalue weighted by atomic mass is 16.5. The van der Waals surface area contributed by atoms with Crippen LogP contribution in [0, 0.1) is 17.3 Å². The number of rotatable bonds is 5. The maximum atomic E-state index is 5.48. The molecule has 1 rings (SSSR count). The van der Waals surface area contributed by atoms with E-state index in [2.05, 4.69) is 40.1 Å².